The van der Waals surface area contributed by atoms with Gasteiger partial charge in [-0.15, -0.1) is 5.10 Å². The summed E-state index contributed by atoms with van der Waals surface area (Å²) < 4.78 is 11.3. The Morgan fingerprint density at radius 2 is 2.40 bits per heavy atom. The standard InChI is InChI=1S/C11H17N5O4/c1-2-19-11(18)10-13-14-15-16(10)7-9(17)12-6-8-4-3-5-20-8/h8H,2-7H2,1H3,(H,12,17). The summed E-state index contributed by atoms with van der Waals surface area (Å²) in [6.45, 7) is 2.96. The highest BCUT2D eigenvalue weighted by Gasteiger charge is 2.20. The first kappa shape index (κ1) is 14.4. The van der Waals surface area contributed by atoms with Crippen molar-refractivity contribution in [2.45, 2.75) is 32.4 Å². The first-order valence-corrected chi connectivity index (χ1v) is 6.52. The van der Waals surface area contributed by atoms with E-state index < -0.39 is 5.97 Å². The van der Waals surface area contributed by atoms with Gasteiger partial charge in [0, 0.05) is 13.2 Å². The third-order valence-corrected chi connectivity index (χ3v) is 2.83. The van der Waals surface area contributed by atoms with Crippen LogP contribution in [0.4, 0.5) is 0 Å². The van der Waals surface area contributed by atoms with E-state index >= 15 is 0 Å². The molecule has 1 aromatic heterocycles. The van der Waals surface area contributed by atoms with Crippen LogP contribution in [-0.4, -0.2) is 57.9 Å². The van der Waals surface area contributed by atoms with E-state index in [0.29, 0.717) is 6.54 Å². The van der Waals surface area contributed by atoms with Gasteiger partial charge in [0.1, 0.15) is 6.54 Å². The molecule has 9 heteroatoms. The van der Waals surface area contributed by atoms with Crippen molar-refractivity contribution in [2.75, 3.05) is 19.8 Å². The minimum absolute atomic E-state index is 0.0670. The van der Waals surface area contributed by atoms with Crippen LogP contribution in [0.25, 0.3) is 0 Å². The minimum atomic E-state index is -0.649. The average Bonchev–Trinajstić information content (AvgIpc) is 3.07. The summed E-state index contributed by atoms with van der Waals surface area (Å²) in [6.07, 6.45) is 2.03. The lowest BCUT2D eigenvalue weighted by Gasteiger charge is -2.10. The average molecular weight is 283 g/mol. The largest absolute Gasteiger partial charge is 0.460 e. The van der Waals surface area contributed by atoms with Crippen molar-refractivity contribution in [1.82, 2.24) is 25.5 Å². The second kappa shape index (κ2) is 6.94. The topological polar surface area (TPSA) is 108 Å². The molecule has 2 heterocycles. The summed E-state index contributed by atoms with van der Waals surface area (Å²) in [4.78, 5) is 23.3. The van der Waals surface area contributed by atoms with Gasteiger partial charge < -0.3 is 14.8 Å². The molecule has 1 aliphatic rings. The van der Waals surface area contributed by atoms with Gasteiger partial charge in [0.25, 0.3) is 5.82 Å². The number of hydrogen-bond donors (Lipinski definition) is 1. The van der Waals surface area contributed by atoms with Crippen LogP contribution in [-0.2, 0) is 20.8 Å². The molecule has 0 aromatic carbocycles. The lowest BCUT2D eigenvalue weighted by molar-refractivity contribution is -0.122. The molecule has 0 radical (unpaired) electrons. The van der Waals surface area contributed by atoms with Gasteiger partial charge in [-0.1, -0.05) is 0 Å². The van der Waals surface area contributed by atoms with E-state index in [1.807, 2.05) is 0 Å². The number of tetrazole rings is 1. The van der Waals surface area contributed by atoms with Gasteiger partial charge in [-0.05, 0) is 30.2 Å². The second-order valence-electron chi connectivity index (χ2n) is 4.32. The molecule has 1 fully saturated rings. The van der Waals surface area contributed by atoms with Crippen LogP contribution in [0.2, 0.25) is 0 Å². The molecule has 1 aliphatic heterocycles. The second-order valence-corrected chi connectivity index (χ2v) is 4.32. The van der Waals surface area contributed by atoms with E-state index in [0.717, 1.165) is 24.1 Å². The number of nitrogens with zero attached hydrogens (tertiary/aromatic N) is 4. The zero-order valence-electron chi connectivity index (χ0n) is 11.2. The fraction of sp³-hybridized carbons (Fsp3) is 0.727. The van der Waals surface area contributed by atoms with Gasteiger partial charge in [-0.25, -0.2) is 9.48 Å². The maximum Gasteiger partial charge on any atom is 0.378 e. The number of carbonyl (C=O) groups is 2. The number of nitrogens with one attached hydrogen (secondary N) is 1. The predicted octanol–water partition coefficient (Wildman–Crippen LogP) is -0.855. The number of aromatic nitrogens is 4. The van der Waals surface area contributed by atoms with Gasteiger partial charge >= 0.3 is 5.97 Å². The highest BCUT2D eigenvalue weighted by molar-refractivity contribution is 5.86. The molecule has 1 atom stereocenters. The predicted molar refractivity (Wildman–Crippen MR) is 65.8 cm³/mol. The van der Waals surface area contributed by atoms with E-state index in [9.17, 15) is 9.59 Å². The molecule has 0 bridgehead atoms. The Balaban J connectivity index is 1.84. The summed E-state index contributed by atoms with van der Waals surface area (Å²) in [6, 6.07) is 0. The molecular formula is C11H17N5O4. The normalized spacial score (nSPS) is 17.9. The third-order valence-electron chi connectivity index (χ3n) is 2.83. The van der Waals surface area contributed by atoms with Crippen molar-refractivity contribution in [1.29, 1.82) is 0 Å². The number of ether oxygens (including phenoxy) is 2. The zero-order chi connectivity index (χ0) is 14.4. The monoisotopic (exact) mass is 283 g/mol. The number of rotatable bonds is 6. The number of carbonyl (C=O) groups excluding carboxylic acids is 2. The minimum Gasteiger partial charge on any atom is -0.460 e. The molecule has 2 rings (SSSR count). The Morgan fingerprint density at radius 1 is 1.55 bits per heavy atom. The van der Waals surface area contributed by atoms with Crippen LogP contribution in [0.15, 0.2) is 0 Å². The van der Waals surface area contributed by atoms with Crippen molar-refractivity contribution >= 4 is 11.9 Å². The Kier molecular flexibility index (Phi) is 4.99. The lowest BCUT2D eigenvalue weighted by Crippen LogP contribution is -2.35. The summed E-state index contributed by atoms with van der Waals surface area (Å²) in [5, 5.41) is 13.3. The smallest absolute Gasteiger partial charge is 0.378 e. The third kappa shape index (κ3) is 3.73. The van der Waals surface area contributed by atoms with Gasteiger partial charge in [0.05, 0.1) is 12.7 Å². The Hall–Kier alpha value is -2.03. The zero-order valence-corrected chi connectivity index (χ0v) is 11.2. The highest BCUT2D eigenvalue weighted by atomic mass is 16.5. The van der Waals surface area contributed by atoms with Crippen molar-refractivity contribution in [3.8, 4) is 0 Å². The van der Waals surface area contributed by atoms with Crippen LogP contribution in [0.5, 0.6) is 0 Å². The maximum absolute atomic E-state index is 11.8. The van der Waals surface area contributed by atoms with Crippen LogP contribution >= 0.6 is 0 Å². The molecule has 0 saturated carbocycles. The fourth-order valence-electron chi connectivity index (χ4n) is 1.88. The first-order valence-electron chi connectivity index (χ1n) is 6.52. The van der Waals surface area contributed by atoms with Crippen molar-refractivity contribution in [3.05, 3.63) is 5.82 Å². The number of amides is 1. The van der Waals surface area contributed by atoms with E-state index in [1.165, 1.54) is 0 Å². The fourth-order valence-corrected chi connectivity index (χ4v) is 1.88. The van der Waals surface area contributed by atoms with Gasteiger partial charge in [-0.3, -0.25) is 4.79 Å². The number of hydrogen-bond acceptors (Lipinski definition) is 7. The maximum atomic E-state index is 11.8. The molecule has 0 spiro atoms. The Bertz CT molecular complexity index is 469. The molecular weight excluding hydrogens is 266 g/mol. The van der Waals surface area contributed by atoms with Gasteiger partial charge in [-0.2, -0.15) is 0 Å². The van der Waals surface area contributed by atoms with Crippen molar-refractivity contribution in [3.63, 3.8) is 0 Å². The lowest BCUT2D eigenvalue weighted by atomic mass is 10.2. The molecule has 1 aromatic rings. The Morgan fingerprint density at radius 3 is 3.10 bits per heavy atom. The van der Waals surface area contributed by atoms with Crippen LogP contribution in [0.1, 0.15) is 30.4 Å². The summed E-state index contributed by atoms with van der Waals surface area (Å²) in [5.74, 6) is -1.01. The molecule has 1 unspecified atom stereocenters. The summed E-state index contributed by atoms with van der Waals surface area (Å²) in [7, 11) is 0. The molecule has 1 N–H and O–H groups in total. The SMILES string of the molecule is CCOC(=O)c1nnnn1CC(=O)NCC1CCCO1. The van der Waals surface area contributed by atoms with Crippen molar-refractivity contribution in [2.24, 2.45) is 0 Å². The van der Waals surface area contributed by atoms with Crippen molar-refractivity contribution < 1.29 is 19.1 Å². The van der Waals surface area contributed by atoms with E-state index in [-0.39, 0.29) is 31.0 Å². The molecule has 20 heavy (non-hydrogen) atoms. The van der Waals surface area contributed by atoms with Crippen LogP contribution in [0.3, 0.4) is 0 Å². The number of esters is 1. The van der Waals surface area contributed by atoms with E-state index in [4.69, 9.17) is 9.47 Å². The Labute approximate surface area is 115 Å². The first-order chi connectivity index (χ1) is 9.70. The van der Waals surface area contributed by atoms with Gasteiger partial charge in [0.2, 0.25) is 5.91 Å². The van der Waals surface area contributed by atoms with Crippen LogP contribution < -0.4 is 5.32 Å². The molecule has 9 nitrogen and oxygen atoms in total. The summed E-state index contributed by atoms with van der Waals surface area (Å²) >= 11 is 0. The highest BCUT2D eigenvalue weighted by Crippen LogP contribution is 2.10. The van der Waals surface area contributed by atoms with E-state index in [2.05, 4.69) is 20.8 Å². The molecule has 110 valence electrons. The molecule has 0 aliphatic carbocycles. The van der Waals surface area contributed by atoms with E-state index in [1.54, 1.807) is 6.92 Å². The quantitative estimate of drug-likeness (QED) is 0.677. The van der Waals surface area contributed by atoms with Gasteiger partial charge in [0.15, 0.2) is 0 Å². The molecule has 1 amide bonds. The van der Waals surface area contributed by atoms with Crippen LogP contribution in [0, 0.1) is 0 Å². The summed E-state index contributed by atoms with van der Waals surface area (Å²) in [5.41, 5.74) is 0. The molecule has 1 saturated heterocycles.